The van der Waals surface area contributed by atoms with Crippen LogP contribution in [0, 0.1) is 5.41 Å². The van der Waals surface area contributed by atoms with Gasteiger partial charge in [0, 0.05) is 37.9 Å². The van der Waals surface area contributed by atoms with Gasteiger partial charge in [-0.25, -0.2) is 4.98 Å². The number of anilines is 1. The second kappa shape index (κ2) is 4.24. The molecule has 2 saturated heterocycles. The van der Waals surface area contributed by atoms with E-state index in [1.165, 1.54) is 0 Å². The van der Waals surface area contributed by atoms with Crippen molar-refractivity contribution in [3.05, 3.63) is 23.9 Å². The molecular formula is C13H17N3O2. The summed E-state index contributed by atoms with van der Waals surface area (Å²) in [5.41, 5.74) is 6.25. The maximum Gasteiger partial charge on any atom is 0.252 e. The summed E-state index contributed by atoms with van der Waals surface area (Å²) in [5, 5.41) is 0. The van der Waals surface area contributed by atoms with Crippen LogP contribution in [0.15, 0.2) is 18.3 Å². The molecule has 96 valence electrons. The third-order valence-electron chi connectivity index (χ3n) is 3.96. The molecule has 2 aliphatic rings. The summed E-state index contributed by atoms with van der Waals surface area (Å²) < 4.78 is 5.40. The van der Waals surface area contributed by atoms with E-state index >= 15 is 0 Å². The minimum atomic E-state index is -0.411. The fourth-order valence-corrected chi connectivity index (χ4v) is 2.88. The van der Waals surface area contributed by atoms with Crippen LogP contribution in [0.3, 0.4) is 0 Å². The Hall–Kier alpha value is -1.62. The summed E-state index contributed by atoms with van der Waals surface area (Å²) in [6.45, 7) is 3.60. The molecule has 18 heavy (non-hydrogen) atoms. The summed E-state index contributed by atoms with van der Waals surface area (Å²) in [5.74, 6) is 0.313. The molecule has 1 aromatic heterocycles. The first-order chi connectivity index (χ1) is 8.70. The van der Waals surface area contributed by atoms with Gasteiger partial charge in [0.15, 0.2) is 0 Å². The van der Waals surface area contributed by atoms with Crippen LogP contribution < -0.4 is 10.6 Å². The molecule has 0 aromatic carbocycles. The van der Waals surface area contributed by atoms with E-state index in [4.69, 9.17) is 10.5 Å². The second-order valence-corrected chi connectivity index (χ2v) is 5.21. The minimum Gasteiger partial charge on any atom is -0.381 e. The first-order valence-corrected chi connectivity index (χ1v) is 6.28. The molecule has 0 unspecified atom stereocenters. The molecule has 5 nitrogen and oxygen atoms in total. The topological polar surface area (TPSA) is 68.5 Å². The zero-order chi connectivity index (χ0) is 12.6. The van der Waals surface area contributed by atoms with Crippen molar-refractivity contribution in [2.24, 2.45) is 11.1 Å². The van der Waals surface area contributed by atoms with E-state index in [1.807, 2.05) is 0 Å². The molecule has 2 aliphatic heterocycles. The molecule has 0 saturated carbocycles. The van der Waals surface area contributed by atoms with Crippen LogP contribution in [-0.2, 0) is 4.74 Å². The Morgan fingerprint density at radius 2 is 2.11 bits per heavy atom. The van der Waals surface area contributed by atoms with Gasteiger partial charge in [0.1, 0.15) is 5.82 Å². The number of ether oxygens (including phenoxy) is 1. The Morgan fingerprint density at radius 1 is 1.39 bits per heavy atom. The predicted molar refractivity (Wildman–Crippen MR) is 67.5 cm³/mol. The minimum absolute atomic E-state index is 0.366. The number of amides is 1. The molecule has 1 amide bonds. The smallest absolute Gasteiger partial charge is 0.252 e. The van der Waals surface area contributed by atoms with Gasteiger partial charge in [-0.15, -0.1) is 0 Å². The number of aromatic nitrogens is 1. The number of rotatable bonds is 2. The van der Waals surface area contributed by atoms with Gasteiger partial charge in [-0.1, -0.05) is 0 Å². The van der Waals surface area contributed by atoms with Gasteiger partial charge in [-0.3, -0.25) is 4.79 Å². The number of carbonyl (C=O) groups is 1. The highest BCUT2D eigenvalue weighted by atomic mass is 16.5. The van der Waals surface area contributed by atoms with E-state index in [1.54, 1.807) is 18.3 Å². The van der Waals surface area contributed by atoms with Crippen LogP contribution in [0.5, 0.6) is 0 Å². The van der Waals surface area contributed by atoms with Crippen molar-refractivity contribution < 1.29 is 9.53 Å². The van der Waals surface area contributed by atoms with Gasteiger partial charge in [-0.2, -0.15) is 0 Å². The Labute approximate surface area is 106 Å². The molecule has 0 aliphatic carbocycles. The standard InChI is InChI=1S/C13H17N3O2/c14-11(17)10-2-1-5-15-12(10)16-8-13(9-16)3-6-18-7-4-13/h1-2,5H,3-4,6-9H2,(H2,14,17). The summed E-state index contributed by atoms with van der Waals surface area (Å²) >= 11 is 0. The van der Waals surface area contributed by atoms with Crippen molar-refractivity contribution in [2.75, 3.05) is 31.2 Å². The van der Waals surface area contributed by atoms with Crippen LogP contribution in [0.4, 0.5) is 5.82 Å². The van der Waals surface area contributed by atoms with E-state index in [-0.39, 0.29) is 0 Å². The summed E-state index contributed by atoms with van der Waals surface area (Å²) in [4.78, 5) is 17.8. The quantitative estimate of drug-likeness (QED) is 0.839. The van der Waals surface area contributed by atoms with E-state index in [0.29, 0.717) is 11.0 Å². The van der Waals surface area contributed by atoms with Crippen molar-refractivity contribution in [1.29, 1.82) is 0 Å². The maximum absolute atomic E-state index is 11.4. The number of pyridine rings is 1. The van der Waals surface area contributed by atoms with Crippen LogP contribution >= 0.6 is 0 Å². The van der Waals surface area contributed by atoms with Gasteiger partial charge in [-0.05, 0) is 25.0 Å². The SMILES string of the molecule is NC(=O)c1cccnc1N1CC2(CCOCC2)C1. The molecule has 0 atom stereocenters. The molecule has 5 heteroatoms. The number of carbonyl (C=O) groups excluding carboxylic acids is 1. The molecular weight excluding hydrogens is 230 g/mol. The fraction of sp³-hybridized carbons (Fsp3) is 0.538. The lowest BCUT2D eigenvalue weighted by molar-refractivity contribution is -0.000510. The third kappa shape index (κ3) is 1.84. The highest BCUT2D eigenvalue weighted by Crippen LogP contribution is 2.42. The number of nitrogens with zero attached hydrogens (tertiary/aromatic N) is 2. The number of nitrogens with two attached hydrogens (primary N) is 1. The van der Waals surface area contributed by atoms with Crippen LogP contribution in [0.2, 0.25) is 0 Å². The fourth-order valence-electron chi connectivity index (χ4n) is 2.88. The Kier molecular flexibility index (Phi) is 2.70. The van der Waals surface area contributed by atoms with Gasteiger partial charge in [0.2, 0.25) is 0 Å². The van der Waals surface area contributed by atoms with E-state index < -0.39 is 5.91 Å². The lowest BCUT2D eigenvalue weighted by Gasteiger charge is -2.53. The largest absolute Gasteiger partial charge is 0.381 e. The van der Waals surface area contributed by atoms with Crippen molar-refractivity contribution in [2.45, 2.75) is 12.8 Å². The highest BCUT2D eigenvalue weighted by molar-refractivity contribution is 5.97. The maximum atomic E-state index is 11.4. The molecule has 1 aromatic rings. The molecule has 3 heterocycles. The third-order valence-corrected chi connectivity index (χ3v) is 3.96. The molecule has 0 radical (unpaired) electrons. The molecule has 1 spiro atoms. The molecule has 2 N–H and O–H groups in total. The molecule has 0 bridgehead atoms. The Bertz CT molecular complexity index is 461. The lowest BCUT2D eigenvalue weighted by atomic mass is 9.73. The summed E-state index contributed by atoms with van der Waals surface area (Å²) in [6, 6.07) is 3.48. The zero-order valence-electron chi connectivity index (χ0n) is 10.3. The molecule has 2 fully saturated rings. The normalized spacial score (nSPS) is 21.7. The van der Waals surface area contributed by atoms with Crippen LogP contribution in [0.25, 0.3) is 0 Å². The van der Waals surface area contributed by atoms with Gasteiger partial charge < -0.3 is 15.4 Å². The summed E-state index contributed by atoms with van der Waals surface area (Å²) in [6.07, 6.45) is 3.90. The van der Waals surface area contributed by atoms with E-state index in [2.05, 4.69) is 9.88 Å². The monoisotopic (exact) mass is 247 g/mol. The predicted octanol–water partition coefficient (Wildman–Crippen LogP) is 0.797. The van der Waals surface area contributed by atoms with E-state index in [9.17, 15) is 4.79 Å². The van der Waals surface area contributed by atoms with Crippen molar-refractivity contribution >= 4 is 11.7 Å². The Balaban J connectivity index is 1.76. The van der Waals surface area contributed by atoms with Gasteiger partial charge in [0.05, 0.1) is 5.56 Å². The van der Waals surface area contributed by atoms with E-state index in [0.717, 1.165) is 45.0 Å². The highest BCUT2D eigenvalue weighted by Gasteiger charge is 2.45. The Morgan fingerprint density at radius 3 is 2.78 bits per heavy atom. The first-order valence-electron chi connectivity index (χ1n) is 6.28. The van der Waals surface area contributed by atoms with Crippen molar-refractivity contribution in [1.82, 2.24) is 4.98 Å². The van der Waals surface area contributed by atoms with Crippen LogP contribution in [0.1, 0.15) is 23.2 Å². The number of hydrogen-bond acceptors (Lipinski definition) is 4. The number of hydrogen-bond donors (Lipinski definition) is 1. The van der Waals surface area contributed by atoms with Crippen molar-refractivity contribution in [3.63, 3.8) is 0 Å². The van der Waals surface area contributed by atoms with Gasteiger partial charge >= 0.3 is 0 Å². The van der Waals surface area contributed by atoms with Gasteiger partial charge in [0.25, 0.3) is 5.91 Å². The second-order valence-electron chi connectivity index (χ2n) is 5.21. The zero-order valence-corrected chi connectivity index (χ0v) is 10.3. The molecule has 3 rings (SSSR count). The van der Waals surface area contributed by atoms with Crippen LogP contribution in [-0.4, -0.2) is 37.2 Å². The first kappa shape index (κ1) is 11.5. The average Bonchev–Trinajstić information content (AvgIpc) is 2.37. The average molecular weight is 247 g/mol. The number of primary amides is 1. The summed E-state index contributed by atoms with van der Waals surface area (Å²) in [7, 11) is 0. The van der Waals surface area contributed by atoms with Crippen molar-refractivity contribution in [3.8, 4) is 0 Å². The lowest BCUT2D eigenvalue weighted by Crippen LogP contribution is -2.59.